The number of rotatable bonds is 3. The quantitative estimate of drug-likeness (QED) is 0.810. The van der Waals surface area contributed by atoms with E-state index in [1.165, 1.54) is 6.07 Å². The SMILES string of the molecule is CC1=C(C)C(N)(c2ccccc2F)NC(=NCc2ccccn2)N1. The minimum Gasteiger partial charge on any atom is -0.330 e. The largest absolute Gasteiger partial charge is 0.330 e. The Hall–Kier alpha value is -2.73. The normalized spacial score (nSPS) is 22.2. The van der Waals surface area contributed by atoms with Crippen LogP contribution in [-0.4, -0.2) is 10.9 Å². The molecule has 1 aliphatic rings. The summed E-state index contributed by atoms with van der Waals surface area (Å²) < 4.78 is 14.3. The maximum absolute atomic E-state index is 14.3. The van der Waals surface area contributed by atoms with E-state index in [4.69, 9.17) is 5.73 Å². The van der Waals surface area contributed by atoms with Crippen molar-refractivity contribution < 1.29 is 4.39 Å². The van der Waals surface area contributed by atoms with Gasteiger partial charge in [-0.15, -0.1) is 0 Å². The molecule has 0 saturated carbocycles. The highest BCUT2D eigenvalue weighted by atomic mass is 19.1. The van der Waals surface area contributed by atoms with Gasteiger partial charge < -0.3 is 16.4 Å². The number of hydrogen-bond donors (Lipinski definition) is 3. The molecule has 0 bridgehead atoms. The van der Waals surface area contributed by atoms with E-state index in [9.17, 15) is 4.39 Å². The molecule has 2 heterocycles. The van der Waals surface area contributed by atoms with Crippen molar-refractivity contribution in [1.29, 1.82) is 0 Å². The standard InChI is InChI=1S/C18H20FN5/c1-12-13(2)23-17(22-11-14-7-5-6-10-21-14)24-18(12,20)15-8-3-4-9-16(15)19/h3-10H,11,20H2,1-2H3,(H2,22,23,24). The Balaban J connectivity index is 1.93. The van der Waals surface area contributed by atoms with Crippen LogP contribution in [0.5, 0.6) is 0 Å². The van der Waals surface area contributed by atoms with Gasteiger partial charge in [0.05, 0.1) is 12.2 Å². The van der Waals surface area contributed by atoms with Gasteiger partial charge in [0, 0.05) is 17.5 Å². The molecule has 0 spiro atoms. The summed E-state index contributed by atoms with van der Waals surface area (Å²) in [5.74, 6) is 0.139. The first kappa shape index (κ1) is 16.1. The van der Waals surface area contributed by atoms with Crippen LogP contribution in [0.4, 0.5) is 4.39 Å². The molecule has 1 unspecified atom stereocenters. The van der Waals surface area contributed by atoms with Crippen molar-refractivity contribution in [3.05, 3.63) is 77.0 Å². The predicted molar refractivity (Wildman–Crippen MR) is 92.3 cm³/mol. The topological polar surface area (TPSA) is 75.3 Å². The van der Waals surface area contributed by atoms with Gasteiger partial charge in [0.25, 0.3) is 0 Å². The van der Waals surface area contributed by atoms with E-state index in [2.05, 4.69) is 20.6 Å². The molecule has 0 saturated heterocycles. The monoisotopic (exact) mass is 325 g/mol. The number of aliphatic imine (C=N–C) groups is 1. The molecular formula is C18H20FN5. The van der Waals surface area contributed by atoms with E-state index in [1.54, 1.807) is 24.4 Å². The highest BCUT2D eigenvalue weighted by Gasteiger charge is 2.37. The van der Waals surface area contributed by atoms with Crippen LogP contribution in [0.3, 0.4) is 0 Å². The molecule has 1 aliphatic heterocycles. The molecular weight excluding hydrogens is 305 g/mol. The lowest BCUT2D eigenvalue weighted by atomic mass is 9.90. The van der Waals surface area contributed by atoms with Gasteiger partial charge in [0.15, 0.2) is 5.96 Å². The summed E-state index contributed by atoms with van der Waals surface area (Å²) in [5.41, 5.74) is 8.26. The van der Waals surface area contributed by atoms with Crippen molar-refractivity contribution in [2.75, 3.05) is 0 Å². The van der Waals surface area contributed by atoms with E-state index in [-0.39, 0.29) is 5.82 Å². The zero-order valence-electron chi connectivity index (χ0n) is 13.7. The first-order valence-corrected chi connectivity index (χ1v) is 7.72. The average Bonchev–Trinajstić information content (AvgIpc) is 2.59. The van der Waals surface area contributed by atoms with Crippen LogP contribution in [0.25, 0.3) is 0 Å². The summed E-state index contributed by atoms with van der Waals surface area (Å²) in [6.07, 6.45) is 1.72. The van der Waals surface area contributed by atoms with Gasteiger partial charge >= 0.3 is 0 Å². The lowest BCUT2D eigenvalue weighted by molar-refractivity contribution is 0.432. The molecule has 24 heavy (non-hydrogen) atoms. The van der Waals surface area contributed by atoms with E-state index in [0.717, 1.165) is 17.0 Å². The number of nitrogens with one attached hydrogen (secondary N) is 2. The Kier molecular flexibility index (Phi) is 4.31. The van der Waals surface area contributed by atoms with E-state index in [1.807, 2.05) is 32.0 Å². The number of nitrogens with zero attached hydrogens (tertiary/aromatic N) is 2. The van der Waals surface area contributed by atoms with E-state index < -0.39 is 5.66 Å². The molecule has 124 valence electrons. The molecule has 6 heteroatoms. The molecule has 2 aromatic rings. The molecule has 0 aliphatic carbocycles. The Morgan fingerprint density at radius 1 is 1.17 bits per heavy atom. The number of nitrogens with two attached hydrogens (primary N) is 1. The van der Waals surface area contributed by atoms with Crippen LogP contribution in [-0.2, 0) is 12.2 Å². The lowest BCUT2D eigenvalue weighted by Crippen LogP contribution is -2.61. The second-order valence-corrected chi connectivity index (χ2v) is 5.77. The number of hydrogen-bond acceptors (Lipinski definition) is 3. The Morgan fingerprint density at radius 3 is 2.62 bits per heavy atom. The van der Waals surface area contributed by atoms with Crippen molar-refractivity contribution in [3.63, 3.8) is 0 Å². The highest BCUT2D eigenvalue weighted by Crippen LogP contribution is 2.29. The first-order valence-electron chi connectivity index (χ1n) is 7.72. The molecule has 5 nitrogen and oxygen atoms in total. The molecule has 1 aromatic carbocycles. The van der Waals surface area contributed by atoms with Gasteiger partial charge in [-0.2, -0.15) is 0 Å². The molecule has 1 aromatic heterocycles. The average molecular weight is 325 g/mol. The third-order valence-electron chi connectivity index (χ3n) is 4.20. The van der Waals surface area contributed by atoms with Crippen molar-refractivity contribution in [1.82, 2.24) is 15.6 Å². The summed E-state index contributed by atoms with van der Waals surface area (Å²) in [4.78, 5) is 8.72. The van der Waals surface area contributed by atoms with Crippen LogP contribution in [0.15, 0.2) is 64.9 Å². The van der Waals surface area contributed by atoms with Crippen molar-refractivity contribution in [3.8, 4) is 0 Å². The van der Waals surface area contributed by atoms with E-state index in [0.29, 0.717) is 18.1 Å². The van der Waals surface area contributed by atoms with Gasteiger partial charge in [0.1, 0.15) is 11.5 Å². The summed E-state index contributed by atoms with van der Waals surface area (Å²) in [5, 5.41) is 6.30. The number of aromatic nitrogens is 1. The fourth-order valence-electron chi connectivity index (χ4n) is 2.66. The Morgan fingerprint density at radius 2 is 1.92 bits per heavy atom. The van der Waals surface area contributed by atoms with Gasteiger partial charge in [-0.1, -0.05) is 24.3 Å². The second kappa shape index (κ2) is 6.41. The number of pyridine rings is 1. The van der Waals surface area contributed by atoms with E-state index >= 15 is 0 Å². The van der Waals surface area contributed by atoms with Crippen LogP contribution in [0.1, 0.15) is 25.1 Å². The number of allylic oxidation sites excluding steroid dienone is 1. The Labute approximate surface area is 140 Å². The van der Waals surface area contributed by atoms with Crippen molar-refractivity contribution in [2.24, 2.45) is 10.7 Å². The third kappa shape index (κ3) is 3.00. The number of benzene rings is 1. The predicted octanol–water partition coefficient (Wildman–Crippen LogP) is 2.38. The van der Waals surface area contributed by atoms with Crippen LogP contribution in [0, 0.1) is 5.82 Å². The van der Waals surface area contributed by atoms with Crippen LogP contribution >= 0.6 is 0 Å². The number of guanidine groups is 1. The maximum atomic E-state index is 14.3. The Bertz CT molecular complexity index is 800. The van der Waals surface area contributed by atoms with Crippen LogP contribution < -0.4 is 16.4 Å². The second-order valence-electron chi connectivity index (χ2n) is 5.77. The molecule has 1 atom stereocenters. The van der Waals surface area contributed by atoms with Crippen molar-refractivity contribution >= 4 is 5.96 Å². The molecule has 0 radical (unpaired) electrons. The van der Waals surface area contributed by atoms with Crippen LogP contribution in [0.2, 0.25) is 0 Å². The molecule has 4 N–H and O–H groups in total. The third-order valence-corrected chi connectivity index (χ3v) is 4.20. The van der Waals surface area contributed by atoms with Gasteiger partial charge in [-0.25, -0.2) is 9.38 Å². The molecule has 3 rings (SSSR count). The minimum absolute atomic E-state index is 0.356. The fraction of sp³-hybridized carbons (Fsp3) is 0.222. The first-order chi connectivity index (χ1) is 11.5. The minimum atomic E-state index is -1.15. The number of halogens is 1. The summed E-state index contributed by atoms with van der Waals surface area (Å²) in [6, 6.07) is 12.2. The smallest absolute Gasteiger partial charge is 0.197 e. The summed E-state index contributed by atoms with van der Waals surface area (Å²) in [7, 11) is 0. The summed E-state index contributed by atoms with van der Waals surface area (Å²) >= 11 is 0. The molecule has 0 fully saturated rings. The summed E-state index contributed by atoms with van der Waals surface area (Å²) in [6.45, 7) is 4.17. The van der Waals surface area contributed by atoms with Gasteiger partial charge in [0.2, 0.25) is 0 Å². The zero-order chi connectivity index (χ0) is 17.2. The fourth-order valence-corrected chi connectivity index (χ4v) is 2.66. The highest BCUT2D eigenvalue weighted by molar-refractivity contribution is 5.84. The lowest BCUT2D eigenvalue weighted by Gasteiger charge is -2.39. The zero-order valence-corrected chi connectivity index (χ0v) is 13.7. The molecule has 0 amide bonds. The maximum Gasteiger partial charge on any atom is 0.197 e. The van der Waals surface area contributed by atoms with Gasteiger partial charge in [-0.05, 0) is 37.6 Å². The van der Waals surface area contributed by atoms with Crippen molar-refractivity contribution in [2.45, 2.75) is 26.1 Å². The van der Waals surface area contributed by atoms with Gasteiger partial charge in [-0.3, -0.25) is 4.98 Å².